The number of carboxylic acid groups (broad SMARTS) is 1. The number of nitrogens with zero attached hydrogens (tertiary/aromatic N) is 1. The Labute approximate surface area is 213 Å². The molecule has 1 unspecified atom stereocenters. The summed E-state index contributed by atoms with van der Waals surface area (Å²) in [6, 6.07) is 10.1. The molecule has 6 nitrogen and oxygen atoms in total. The van der Waals surface area contributed by atoms with Crippen molar-refractivity contribution in [2.24, 2.45) is 0 Å². The Hall–Kier alpha value is -2.90. The van der Waals surface area contributed by atoms with Gasteiger partial charge >= 0.3 is 5.97 Å². The number of rotatable bonds is 8. The first kappa shape index (κ1) is 25.2. The molecule has 4 rings (SSSR count). The highest BCUT2D eigenvalue weighted by atomic mass is 35.5. The quantitative estimate of drug-likeness (QED) is 0.325. The molecular weight excluding hydrogens is 486 g/mol. The first-order chi connectivity index (χ1) is 16.6. The Balaban J connectivity index is 1.35. The van der Waals surface area contributed by atoms with Gasteiger partial charge in [0.05, 0.1) is 28.2 Å². The summed E-state index contributed by atoms with van der Waals surface area (Å²) in [5.41, 5.74) is 2.29. The zero-order chi connectivity index (χ0) is 25.2. The van der Waals surface area contributed by atoms with Gasteiger partial charge in [-0.25, -0.2) is 4.98 Å². The number of hydrogen-bond acceptors (Lipinski definition) is 6. The van der Waals surface area contributed by atoms with Gasteiger partial charge in [0, 0.05) is 34.4 Å². The molecule has 35 heavy (non-hydrogen) atoms. The second-order valence-corrected chi connectivity index (χ2v) is 11.0. The molecule has 8 heteroatoms. The standard InChI is InChI=1S/C27H28ClNO5S/c1-27(2,3)24-15-35-25(29-24)6-4-5-21(30)16-7-9-17(10-8-16)34-23-14-22-19(13-20(23)28)18(26(31)32)11-12-33-22/h7-10,13-15,18H,4-6,11-12H2,1-3H3,(H,31,32). The molecule has 2 heterocycles. The zero-order valence-corrected chi connectivity index (χ0v) is 21.5. The number of aromatic nitrogens is 1. The third-order valence-corrected chi connectivity index (χ3v) is 7.12. The third kappa shape index (κ3) is 6.03. The van der Waals surface area contributed by atoms with E-state index in [-0.39, 0.29) is 11.2 Å². The van der Waals surface area contributed by atoms with E-state index in [9.17, 15) is 14.7 Å². The predicted molar refractivity (Wildman–Crippen MR) is 137 cm³/mol. The van der Waals surface area contributed by atoms with Crippen LogP contribution in [0.3, 0.4) is 0 Å². The van der Waals surface area contributed by atoms with Crippen molar-refractivity contribution in [3.05, 3.63) is 68.6 Å². The minimum absolute atomic E-state index is 0.0334. The lowest BCUT2D eigenvalue weighted by molar-refractivity contribution is -0.139. The summed E-state index contributed by atoms with van der Waals surface area (Å²) in [5, 5.41) is 12.9. The molecule has 0 saturated heterocycles. The van der Waals surface area contributed by atoms with Gasteiger partial charge in [0.1, 0.15) is 17.2 Å². The number of benzene rings is 2. The molecule has 0 fully saturated rings. The van der Waals surface area contributed by atoms with E-state index in [4.69, 9.17) is 26.1 Å². The summed E-state index contributed by atoms with van der Waals surface area (Å²) in [5.74, 6) is -0.124. The van der Waals surface area contributed by atoms with Crippen LogP contribution >= 0.6 is 22.9 Å². The maximum absolute atomic E-state index is 12.6. The van der Waals surface area contributed by atoms with E-state index in [0.29, 0.717) is 52.8 Å². The maximum Gasteiger partial charge on any atom is 0.311 e. The Bertz CT molecular complexity index is 1230. The molecule has 0 amide bonds. The average molecular weight is 514 g/mol. The molecule has 3 aromatic rings. The summed E-state index contributed by atoms with van der Waals surface area (Å²) in [4.78, 5) is 28.8. The zero-order valence-electron chi connectivity index (χ0n) is 20.0. The summed E-state index contributed by atoms with van der Waals surface area (Å²) < 4.78 is 11.5. The van der Waals surface area contributed by atoms with Crippen molar-refractivity contribution in [1.82, 2.24) is 4.98 Å². The van der Waals surface area contributed by atoms with Crippen molar-refractivity contribution < 1.29 is 24.2 Å². The summed E-state index contributed by atoms with van der Waals surface area (Å²) in [6.07, 6.45) is 2.38. The molecular formula is C27H28ClNO5S. The number of carbonyl (C=O) groups excluding carboxylic acids is 1. The number of fused-ring (bicyclic) bond motifs is 1. The highest BCUT2D eigenvalue weighted by Crippen LogP contribution is 2.41. The van der Waals surface area contributed by atoms with Crippen molar-refractivity contribution in [2.45, 2.75) is 57.8 Å². The fourth-order valence-electron chi connectivity index (χ4n) is 3.87. The fraction of sp³-hybridized carbons (Fsp3) is 0.370. The van der Waals surface area contributed by atoms with E-state index in [1.54, 1.807) is 47.7 Å². The number of aliphatic carboxylic acids is 1. The van der Waals surface area contributed by atoms with Crippen molar-refractivity contribution in [2.75, 3.05) is 6.61 Å². The van der Waals surface area contributed by atoms with Gasteiger partial charge < -0.3 is 14.6 Å². The van der Waals surface area contributed by atoms with Gasteiger partial charge in [-0.05, 0) is 49.6 Å². The Morgan fingerprint density at radius 2 is 1.97 bits per heavy atom. The highest BCUT2D eigenvalue weighted by Gasteiger charge is 2.29. The second-order valence-electron chi connectivity index (χ2n) is 9.63. The van der Waals surface area contributed by atoms with Crippen LogP contribution in [-0.2, 0) is 16.6 Å². The van der Waals surface area contributed by atoms with Crippen LogP contribution in [0.15, 0.2) is 41.8 Å². The number of carboxylic acids is 1. The van der Waals surface area contributed by atoms with Crippen LogP contribution in [0.5, 0.6) is 17.2 Å². The van der Waals surface area contributed by atoms with Gasteiger partial charge in [-0.1, -0.05) is 32.4 Å². The van der Waals surface area contributed by atoms with E-state index in [2.05, 4.69) is 26.2 Å². The van der Waals surface area contributed by atoms with Gasteiger partial charge in [0.25, 0.3) is 0 Å². The number of Topliss-reactive ketones (excluding diaryl/α,β-unsaturated/α-hetero) is 1. The molecule has 0 saturated carbocycles. The molecule has 0 bridgehead atoms. The number of ether oxygens (including phenoxy) is 2. The minimum atomic E-state index is -0.902. The highest BCUT2D eigenvalue weighted by molar-refractivity contribution is 7.09. The SMILES string of the molecule is CC(C)(C)c1csc(CCCC(=O)c2ccc(Oc3cc4c(cc3Cl)C(C(=O)O)CCO4)cc2)n1. The Morgan fingerprint density at radius 3 is 2.63 bits per heavy atom. The molecule has 1 aromatic heterocycles. The summed E-state index contributed by atoms with van der Waals surface area (Å²) in [6.45, 7) is 6.75. The number of hydrogen-bond donors (Lipinski definition) is 1. The third-order valence-electron chi connectivity index (χ3n) is 5.92. The molecule has 1 N–H and O–H groups in total. The number of thiazole rings is 1. The predicted octanol–water partition coefficient (Wildman–Crippen LogP) is 7.04. The van der Waals surface area contributed by atoms with Gasteiger partial charge in [0.15, 0.2) is 5.78 Å². The largest absolute Gasteiger partial charge is 0.493 e. The molecule has 1 aliphatic heterocycles. The van der Waals surface area contributed by atoms with Crippen LogP contribution in [0.4, 0.5) is 0 Å². The van der Waals surface area contributed by atoms with Gasteiger partial charge in [-0.3, -0.25) is 9.59 Å². The number of halogens is 1. The van der Waals surface area contributed by atoms with Gasteiger partial charge in [-0.15, -0.1) is 11.3 Å². The van der Waals surface area contributed by atoms with Crippen LogP contribution in [0.2, 0.25) is 5.02 Å². The van der Waals surface area contributed by atoms with E-state index < -0.39 is 11.9 Å². The first-order valence-corrected chi connectivity index (χ1v) is 12.8. The van der Waals surface area contributed by atoms with Crippen molar-refractivity contribution in [1.29, 1.82) is 0 Å². The molecule has 1 atom stereocenters. The van der Waals surface area contributed by atoms with Crippen LogP contribution in [0, 0.1) is 0 Å². The Kier molecular flexibility index (Phi) is 7.47. The molecule has 2 aromatic carbocycles. The topological polar surface area (TPSA) is 85.7 Å². The van der Waals surface area contributed by atoms with Crippen LogP contribution in [0.1, 0.15) is 72.6 Å². The molecule has 184 valence electrons. The number of carbonyl (C=O) groups is 2. The van der Waals surface area contributed by atoms with Crippen LogP contribution in [-0.4, -0.2) is 28.4 Å². The van der Waals surface area contributed by atoms with Crippen molar-refractivity contribution in [3.63, 3.8) is 0 Å². The normalized spacial score (nSPS) is 15.3. The average Bonchev–Trinajstić information content (AvgIpc) is 3.29. The lowest BCUT2D eigenvalue weighted by Gasteiger charge is -2.24. The minimum Gasteiger partial charge on any atom is -0.493 e. The van der Waals surface area contributed by atoms with E-state index >= 15 is 0 Å². The smallest absolute Gasteiger partial charge is 0.311 e. The van der Waals surface area contributed by atoms with E-state index in [1.807, 2.05) is 0 Å². The maximum atomic E-state index is 12.6. The monoisotopic (exact) mass is 513 g/mol. The number of aryl methyl sites for hydroxylation is 1. The second kappa shape index (κ2) is 10.4. The Morgan fingerprint density at radius 1 is 1.23 bits per heavy atom. The fourth-order valence-corrected chi connectivity index (χ4v) is 5.15. The van der Waals surface area contributed by atoms with Crippen LogP contribution in [0.25, 0.3) is 0 Å². The van der Waals surface area contributed by atoms with Gasteiger partial charge in [-0.2, -0.15) is 0 Å². The first-order valence-electron chi connectivity index (χ1n) is 11.6. The summed E-state index contributed by atoms with van der Waals surface area (Å²) in [7, 11) is 0. The molecule has 0 radical (unpaired) electrons. The lowest BCUT2D eigenvalue weighted by Crippen LogP contribution is -2.20. The van der Waals surface area contributed by atoms with E-state index in [0.717, 1.165) is 23.5 Å². The number of ketones is 1. The molecule has 0 spiro atoms. The summed E-state index contributed by atoms with van der Waals surface area (Å²) >= 11 is 8.02. The van der Waals surface area contributed by atoms with Crippen molar-refractivity contribution >= 4 is 34.7 Å². The van der Waals surface area contributed by atoms with Crippen molar-refractivity contribution in [3.8, 4) is 17.2 Å². The molecule has 1 aliphatic rings. The van der Waals surface area contributed by atoms with Gasteiger partial charge in [0.2, 0.25) is 0 Å². The van der Waals surface area contributed by atoms with Crippen LogP contribution < -0.4 is 9.47 Å². The molecule has 0 aliphatic carbocycles. The lowest BCUT2D eigenvalue weighted by atomic mass is 9.93. The van der Waals surface area contributed by atoms with E-state index in [1.165, 1.54) is 0 Å².